The second kappa shape index (κ2) is 29.2. The highest BCUT2D eigenvalue weighted by Crippen LogP contribution is 2.42. The normalized spacial score (nSPS) is 18.6. The van der Waals surface area contributed by atoms with Crippen LogP contribution in [-0.4, -0.2) is 91.5 Å². The van der Waals surface area contributed by atoms with Crippen molar-refractivity contribution in [3.8, 4) is 17.2 Å². The summed E-state index contributed by atoms with van der Waals surface area (Å²) in [5.74, 6) is 1.81. The van der Waals surface area contributed by atoms with Gasteiger partial charge in [-0.15, -0.1) is 0 Å². The molecule has 2 fully saturated rings. The molecule has 0 aliphatic heterocycles. The SMILES string of the molecule is COc1ccccc1C(=O)NCC1(c2ccccc2)CCC(=O)C(Br)C1.COc1ccccc1C(=O)NCC1(c2ccccc2)CCC(=O)CC1.COc1ccccc1C(=O)NCC1(c2ccccc2)CCc2nc[nH]c2C1.NC=O. The van der Waals surface area contributed by atoms with Gasteiger partial charge in [0.05, 0.1) is 54.9 Å². The highest BCUT2D eigenvalue weighted by Gasteiger charge is 2.42. The van der Waals surface area contributed by atoms with Gasteiger partial charge in [-0.25, -0.2) is 4.98 Å². The van der Waals surface area contributed by atoms with Crippen molar-refractivity contribution in [2.24, 2.45) is 5.73 Å². The van der Waals surface area contributed by atoms with E-state index >= 15 is 0 Å². The lowest BCUT2D eigenvalue weighted by atomic mass is 9.69. The lowest BCUT2D eigenvalue weighted by molar-refractivity contribution is -0.121. The van der Waals surface area contributed by atoms with Gasteiger partial charge in [-0.2, -0.15) is 0 Å². The zero-order chi connectivity index (χ0) is 57.7. The molecule has 3 unspecified atom stereocenters. The smallest absolute Gasteiger partial charge is 0.255 e. The molecule has 6 aromatic carbocycles. The molecular weight excluding hydrogens is 1090 g/mol. The molecule has 422 valence electrons. The molecule has 3 atom stereocenters. The Balaban J connectivity index is 0.000000171. The summed E-state index contributed by atoms with van der Waals surface area (Å²) in [6.45, 7) is 1.55. The number of fused-ring (bicyclic) bond motifs is 1. The van der Waals surface area contributed by atoms with Crippen LogP contribution in [0.4, 0.5) is 0 Å². The Morgan fingerprint density at radius 3 is 1.35 bits per heavy atom. The summed E-state index contributed by atoms with van der Waals surface area (Å²) in [5, 5.41) is 9.29. The minimum Gasteiger partial charge on any atom is -0.496 e. The van der Waals surface area contributed by atoms with Gasteiger partial charge in [0, 0.05) is 67.3 Å². The molecule has 16 heteroatoms. The number of amides is 4. The number of nitrogens with one attached hydrogen (secondary N) is 4. The number of rotatable bonds is 15. The van der Waals surface area contributed by atoms with Crippen molar-refractivity contribution >= 4 is 51.6 Å². The van der Waals surface area contributed by atoms with E-state index in [9.17, 15) is 24.0 Å². The third-order valence-electron chi connectivity index (χ3n) is 15.7. The molecule has 81 heavy (non-hydrogen) atoms. The number of carbonyl (C=O) groups is 6. The molecule has 3 aliphatic carbocycles. The second-order valence-corrected chi connectivity index (χ2v) is 21.5. The number of para-hydroxylation sites is 3. The van der Waals surface area contributed by atoms with E-state index in [0.29, 0.717) is 85.0 Å². The van der Waals surface area contributed by atoms with Crippen LogP contribution in [0.15, 0.2) is 170 Å². The highest BCUT2D eigenvalue weighted by molar-refractivity contribution is 9.10. The predicted octanol–water partition coefficient (Wildman–Crippen LogP) is 9.76. The fraction of sp³-hybridized carbons (Fsp3) is 0.308. The molecule has 0 saturated heterocycles. The van der Waals surface area contributed by atoms with E-state index in [2.05, 4.69) is 96.1 Å². The quantitative estimate of drug-likeness (QED) is 0.0483. The van der Waals surface area contributed by atoms with Gasteiger partial charge in [0.25, 0.3) is 17.7 Å². The van der Waals surface area contributed by atoms with E-state index in [0.717, 1.165) is 55.5 Å². The first kappa shape index (κ1) is 60.3. The molecule has 1 aromatic heterocycles. The average molecular weight is 1160 g/mol. The number of imidazole rings is 1. The number of nitrogens with two attached hydrogens (primary N) is 1. The van der Waals surface area contributed by atoms with Crippen molar-refractivity contribution < 1.29 is 43.0 Å². The van der Waals surface area contributed by atoms with E-state index in [1.165, 1.54) is 11.1 Å². The maximum absolute atomic E-state index is 12.8. The average Bonchev–Trinajstić information content (AvgIpc) is 4.06. The first-order valence-corrected chi connectivity index (χ1v) is 28.0. The molecule has 0 radical (unpaired) electrons. The summed E-state index contributed by atoms with van der Waals surface area (Å²) in [6, 6.07) is 52.4. The van der Waals surface area contributed by atoms with Crippen molar-refractivity contribution in [1.29, 1.82) is 0 Å². The molecule has 0 bridgehead atoms. The number of ether oxygens (including phenoxy) is 3. The van der Waals surface area contributed by atoms with Crippen molar-refractivity contribution in [3.05, 3.63) is 215 Å². The predicted molar refractivity (Wildman–Crippen MR) is 316 cm³/mol. The summed E-state index contributed by atoms with van der Waals surface area (Å²) in [6.07, 6.45) is 9.27. The molecule has 15 nitrogen and oxygen atoms in total. The standard InChI is InChI=1S/C22H23N3O2.C21H22BrNO3.C21H23NO3.CH3NO/c1-27-20-10-6-5-9-17(20)21(26)23-14-22(16-7-3-2-4-8-16)12-11-18-19(13-22)25-15-24-18;1-26-19-10-6-5-9-16(19)20(25)23-14-21(15-7-3-2-4-8-15)12-11-18(24)17(22)13-21;1-25-19-10-6-5-9-18(19)20(24)22-15-21(13-11-17(23)12-14-21)16-7-3-2-4-8-16;2-1-3/h2-10,15H,11-14H2,1H3,(H,23,26)(H,24,25);2-10,17H,11-14H2,1H3,(H,23,25);2-10H,11-15H2,1H3,(H,22,24);1H,(H2,2,3). The number of H-pyrrole nitrogens is 1. The summed E-state index contributed by atoms with van der Waals surface area (Å²) in [7, 11) is 4.70. The third kappa shape index (κ3) is 15.3. The Hall–Kier alpha value is -8.37. The van der Waals surface area contributed by atoms with E-state index in [4.69, 9.17) is 19.0 Å². The number of aromatic nitrogens is 2. The fourth-order valence-corrected chi connectivity index (χ4v) is 11.9. The molecular formula is C65H71BrN6O9. The molecule has 2 saturated carbocycles. The van der Waals surface area contributed by atoms with Gasteiger partial charge >= 0.3 is 0 Å². The van der Waals surface area contributed by atoms with Crippen LogP contribution in [0.5, 0.6) is 17.2 Å². The lowest BCUT2D eigenvalue weighted by Crippen LogP contribution is -2.46. The number of alkyl halides is 1. The number of hydrogen-bond donors (Lipinski definition) is 5. The van der Waals surface area contributed by atoms with Crippen LogP contribution in [0.3, 0.4) is 0 Å². The molecule has 7 aromatic rings. The van der Waals surface area contributed by atoms with Gasteiger partial charge in [0.15, 0.2) is 0 Å². The number of aryl methyl sites for hydroxylation is 1. The summed E-state index contributed by atoms with van der Waals surface area (Å²) < 4.78 is 15.9. The van der Waals surface area contributed by atoms with Gasteiger partial charge in [-0.1, -0.05) is 143 Å². The topological polar surface area (TPSA) is 221 Å². The Kier molecular flexibility index (Phi) is 21.7. The summed E-state index contributed by atoms with van der Waals surface area (Å²) in [4.78, 5) is 78.0. The van der Waals surface area contributed by atoms with Gasteiger partial charge < -0.3 is 40.9 Å². The number of primary amides is 1. The number of ketones is 2. The first-order chi connectivity index (χ1) is 39.3. The van der Waals surface area contributed by atoms with Crippen molar-refractivity contribution in [1.82, 2.24) is 25.9 Å². The number of methoxy groups -OCH3 is 3. The van der Waals surface area contributed by atoms with E-state index in [-0.39, 0.29) is 51.0 Å². The molecule has 0 spiro atoms. The van der Waals surface area contributed by atoms with Crippen molar-refractivity contribution in [3.63, 3.8) is 0 Å². The zero-order valence-electron chi connectivity index (χ0n) is 46.1. The fourth-order valence-electron chi connectivity index (χ4n) is 11.1. The van der Waals surface area contributed by atoms with Crippen molar-refractivity contribution in [2.45, 2.75) is 85.3 Å². The van der Waals surface area contributed by atoms with Crippen LogP contribution in [0.1, 0.15) is 111 Å². The third-order valence-corrected chi connectivity index (χ3v) is 16.5. The number of carbonyl (C=O) groups excluding carboxylic acids is 6. The summed E-state index contributed by atoms with van der Waals surface area (Å²) in [5.41, 5.74) is 11.0. The highest BCUT2D eigenvalue weighted by atomic mass is 79.9. The van der Waals surface area contributed by atoms with Gasteiger partial charge in [-0.05, 0) is 91.6 Å². The lowest BCUT2D eigenvalue weighted by Gasteiger charge is -2.39. The minimum atomic E-state index is -0.263. The van der Waals surface area contributed by atoms with Gasteiger partial charge in [0.2, 0.25) is 6.41 Å². The van der Waals surface area contributed by atoms with Crippen LogP contribution in [0.2, 0.25) is 0 Å². The largest absolute Gasteiger partial charge is 0.496 e. The maximum Gasteiger partial charge on any atom is 0.255 e. The molecule has 4 amide bonds. The summed E-state index contributed by atoms with van der Waals surface area (Å²) >= 11 is 3.52. The Bertz CT molecular complexity index is 3200. The molecule has 1 heterocycles. The first-order valence-electron chi connectivity index (χ1n) is 27.1. The monoisotopic (exact) mass is 1160 g/mol. The van der Waals surface area contributed by atoms with Gasteiger partial charge in [-0.3, -0.25) is 28.8 Å². The van der Waals surface area contributed by atoms with Crippen molar-refractivity contribution in [2.75, 3.05) is 41.0 Å². The number of benzene rings is 6. The molecule has 3 aliphatic rings. The van der Waals surface area contributed by atoms with E-state index in [1.807, 2.05) is 78.9 Å². The van der Waals surface area contributed by atoms with Crippen LogP contribution < -0.4 is 35.9 Å². The van der Waals surface area contributed by atoms with Crippen LogP contribution in [0.25, 0.3) is 0 Å². The van der Waals surface area contributed by atoms with E-state index in [1.54, 1.807) is 64.1 Å². The Morgan fingerprint density at radius 2 is 0.914 bits per heavy atom. The number of halogens is 1. The zero-order valence-corrected chi connectivity index (χ0v) is 47.7. The second-order valence-electron chi connectivity index (χ2n) is 20.4. The maximum atomic E-state index is 12.8. The van der Waals surface area contributed by atoms with Crippen LogP contribution >= 0.6 is 15.9 Å². The van der Waals surface area contributed by atoms with Gasteiger partial charge in [0.1, 0.15) is 28.8 Å². The minimum absolute atomic E-state index is 0.113. The number of Topliss-reactive ketones (excluding diaryl/α,β-unsaturated/α-hetero) is 2. The molecule has 6 N–H and O–H groups in total. The molecule has 10 rings (SSSR count). The van der Waals surface area contributed by atoms with Crippen LogP contribution in [0, 0.1) is 0 Å². The van der Waals surface area contributed by atoms with Crippen LogP contribution in [-0.2, 0) is 43.5 Å². The number of aromatic amines is 1. The number of hydrogen-bond acceptors (Lipinski definition) is 10. The Labute approximate surface area is 482 Å². The number of nitrogens with zero attached hydrogens (tertiary/aromatic N) is 1. The van der Waals surface area contributed by atoms with E-state index < -0.39 is 0 Å². The Morgan fingerprint density at radius 1 is 0.556 bits per heavy atom.